The largest absolute Gasteiger partial charge is 0.439 e. The van der Waals surface area contributed by atoms with Gasteiger partial charge in [0.15, 0.2) is 0 Å². The van der Waals surface area contributed by atoms with E-state index in [9.17, 15) is 26.7 Å². The van der Waals surface area contributed by atoms with Crippen LogP contribution in [0.3, 0.4) is 0 Å². The Kier molecular flexibility index (Phi) is 4.81. The average molecular weight is 390 g/mol. The summed E-state index contributed by atoms with van der Waals surface area (Å²) in [5.74, 6) is -0.226. The lowest BCUT2D eigenvalue weighted by Gasteiger charge is -2.33. The molecule has 9 heteroatoms. The number of sulfonamides is 1. The van der Waals surface area contributed by atoms with Crippen molar-refractivity contribution in [2.75, 3.05) is 0 Å². The highest BCUT2D eigenvalue weighted by Crippen LogP contribution is 2.45. The molecule has 0 amide bonds. The van der Waals surface area contributed by atoms with E-state index in [1.807, 2.05) is 0 Å². The van der Waals surface area contributed by atoms with Crippen LogP contribution in [0.25, 0.3) is 0 Å². The molecular weight excluding hydrogens is 369 g/mol. The molecule has 0 spiro atoms. The molecule has 3 rings (SSSR count). The average Bonchev–Trinajstić information content (AvgIpc) is 2.96. The van der Waals surface area contributed by atoms with E-state index in [0.29, 0.717) is 12.8 Å². The maximum absolute atomic E-state index is 13.6. The number of benzene rings is 1. The molecular formula is C17H21F3N2O3S. The van der Waals surface area contributed by atoms with Crippen LogP contribution in [0.1, 0.15) is 44.1 Å². The van der Waals surface area contributed by atoms with Crippen LogP contribution < -0.4 is 0 Å². The Bertz CT molecular complexity index is 800. The molecule has 5 nitrogen and oxygen atoms in total. The fraction of sp³-hybridized carbons (Fsp3) is 0.588. The minimum Gasteiger partial charge on any atom is -0.361 e. The van der Waals surface area contributed by atoms with Crippen LogP contribution in [0.4, 0.5) is 13.2 Å². The first-order valence-corrected chi connectivity index (χ1v) is 9.98. The number of hydrazone groups is 1. The van der Waals surface area contributed by atoms with E-state index < -0.39 is 28.3 Å². The summed E-state index contributed by atoms with van der Waals surface area (Å²) in [6, 6.07) is 5.41. The van der Waals surface area contributed by atoms with E-state index >= 15 is 0 Å². The molecule has 1 atom stereocenters. The van der Waals surface area contributed by atoms with Gasteiger partial charge in [0.05, 0.1) is 4.90 Å². The molecule has 1 aliphatic carbocycles. The SMILES string of the molecule is Cc1ccc(S(=O)(=O)N2N=C(C3CCCCC3)CC2(O)C(F)(F)F)cc1. The summed E-state index contributed by atoms with van der Waals surface area (Å²) in [6.07, 6.45) is -1.97. The van der Waals surface area contributed by atoms with Crippen molar-refractivity contribution in [2.24, 2.45) is 11.0 Å². The van der Waals surface area contributed by atoms with Gasteiger partial charge in [-0.25, -0.2) is 0 Å². The van der Waals surface area contributed by atoms with Gasteiger partial charge in [0.25, 0.3) is 15.7 Å². The van der Waals surface area contributed by atoms with Crippen LogP contribution in [0, 0.1) is 12.8 Å². The maximum atomic E-state index is 13.6. The maximum Gasteiger partial charge on any atom is 0.439 e. The van der Waals surface area contributed by atoms with Crippen molar-refractivity contribution in [3.05, 3.63) is 29.8 Å². The first-order valence-electron chi connectivity index (χ1n) is 8.54. The standard InChI is InChI=1S/C17H21F3N2O3S/c1-12-7-9-14(10-8-12)26(24,25)22-16(23,17(18,19)20)11-15(21-22)13-5-3-2-4-6-13/h7-10,13,23H,2-6,11H2,1H3. The van der Waals surface area contributed by atoms with Gasteiger partial charge in [0, 0.05) is 12.1 Å². The summed E-state index contributed by atoms with van der Waals surface area (Å²) in [5.41, 5.74) is -2.67. The summed E-state index contributed by atoms with van der Waals surface area (Å²) in [6.45, 7) is 1.73. The molecule has 1 fully saturated rings. The quantitative estimate of drug-likeness (QED) is 0.858. The second kappa shape index (κ2) is 6.53. The molecule has 1 aromatic rings. The van der Waals surface area contributed by atoms with Crippen molar-refractivity contribution in [1.29, 1.82) is 0 Å². The number of hydrogen-bond donors (Lipinski definition) is 1. The Morgan fingerprint density at radius 3 is 2.27 bits per heavy atom. The van der Waals surface area contributed by atoms with Crippen LogP contribution in [0.15, 0.2) is 34.3 Å². The first kappa shape index (κ1) is 19.2. The molecule has 0 bridgehead atoms. The van der Waals surface area contributed by atoms with Crippen molar-refractivity contribution in [2.45, 2.75) is 62.2 Å². The van der Waals surface area contributed by atoms with E-state index in [1.54, 1.807) is 6.92 Å². The predicted molar refractivity (Wildman–Crippen MR) is 89.8 cm³/mol. The van der Waals surface area contributed by atoms with Gasteiger partial charge < -0.3 is 5.11 Å². The minimum atomic E-state index is -5.16. The van der Waals surface area contributed by atoms with Crippen molar-refractivity contribution >= 4 is 15.7 Å². The minimum absolute atomic E-state index is 0.111. The number of aliphatic hydroxyl groups is 1. The zero-order chi connectivity index (χ0) is 19.2. The lowest BCUT2D eigenvalue weighted by molar-refractivity contribution is -0.291. The van der Waals surface area contributed by atoms with Crippen LogP contribution >= 0.6 is 0 Å². The van der Waals surface area contributed by atoms with Crippen LogP contribution in [0.5, 0.6) is 0 Å². The highest BCUT2D eigenvalue weighted by molar-refractivity contribution is 7.89. The molecule has 1 unspecified atom stereocenters. The molecule has 144 valence electrons. The lowest BCUT2D eigenvalue weighted by Crippen LogP contribution is -2.56. The van der Waals surface area contributed by atoms with Gasteiger partial charge in [0.2, 0.25) is 0 Å². The highest BCUT2D eigenvalue weighted by Gasteiger charge is 2.65. The number of alkyl halides is 3. The van der Waals surface area contributed by atoms with E-state index in [-0.39, 0.29) is 20.9 Å². The van der Waals surface area contributed by atoms with E-state index in [2.05, 4.69) is 5.10 Å². The molecule has 0 aromatic heterocycles. The molecule has 1 saturated carbocycles. The monoisotopic (exact) mass is 390 g/mol. The Morgan fingerprint density at radius 1 is 1.15 bits per heavy atom. The van der Waals surface area contributed by atoms with Crippen molar-refractivity contribution < 1.29 is 26.7 Å². The fourth-order valence-corrected chi connectivity index (χ4v) is 4.95. The van der Waals surface area contributed by atoms with Gasteiger partial charge in [-0.3, -0.25) is 0 Å². The van der Waals surface area contributed by atoms with Crippen molar-refractivity contribution in [1.82, 2.24) is 4.41 Å². The van der Waals surface area contributed by atoms with Gasteiger partial charge >= 0.3 is 6.18 Å². The second-order valence-electron chi connectivity index (χ2n) is 6.98. The predicted octanol–water partition coefficient (Wildman–Crippen LogP) is 3.58. The Hall–Kier alpha value is -1.61. The zero-order valence-electron chi connectivity index (χ0n) is 14.3. The fourth-order valence-electron chi connectivity index (χ4n) is 3.49. The molecule has 2 aliphatic rings. The summed E-state index contributed by atoms with van der Waals surface area (Å²) < 4.78 is 66.3. The number of nitrogens with zero attached hydrogens (tertiary/aromatic N) is 2. The molecule has 1 N–H and O–H groups in total. The zero-order valence-corrected chi connectivity index (χ0v) is 15.1. The van der Waals surface area contributed by atoms with Gasteiger partial charge in [-0.05, 0) is 37.8 Å². The van der Waals surface area contributed by atoms with Gasteiger partial charge in [-0.15, -0.1) is 4.41 Å². The Labute approximate surface area is 150 Å². The van der Waals surface area contributed by atoms with Crippen molar-refractivity contribution in [3.8, 4) is 0 Å². The first-order chi connectivity index (χ1) is 12.1. The molecule has 1 aromatic carbocycles. The Balaban J connectivity index is 2.04. The summed E-state index contributed by atoms with van der Waals surface area (Å²) >= 11 is 0. The van der Waals surface area contributed by atoms with Crippen molar-refractivity contribution in [3.63, 3.8) is 0 Å². The second-order valence-corrected chi connectivity index (χ2v) is 8.75. The van der Waals surface area contributed by atoms with E-state index in [0.717, 1.165) is 24.8 Å². The Morgan fingerprint density at radius 2 is 1.73 bits per heavy atom. The number of aryl methyl sites for hydroxylation is 1. The molecule has 0 radical (unpaired) electrons. The molecule has 26 heavy (non-hydrogen) atoms. The smallest absolute Gasteiger partial charge is 0.361 e. The lowest BCUT2D eigenvalue weighted by atomic mass is 9.83. The van der Waals surface area contributed by atoms with Crippen LogP contribution in [0.2, 0.25) is 0 Å². The third-order valence-corrected chi connectivity index (χ3v) is 6.75. The summed E-state index contributed by atoms with van der Waals surface area (Å²) in [4.78, 5) is -0.334. The van der Waals surface area contributed by atoms with E-state index in [4.69, 9.17) is 0 Å². The summed E-state index contributed by atoms with van der Waals surface area (Å²) in [5, 5.41) is 14.1. The summed E-state index contributed by atoms with van der Waals surface area (Å²) in [7, 11) is -4.64. The van der Waals surface area contributed by atoms with Gasteiger partial charge in [-0.1, -0.05) is 37.0 Å². The highest BCUT2D eigenvalue weighted by atomic mass is 32.2. The van der Waals surface area contributed by atoms with Gasteiger partial charge in [-0.2, -0.15) is 26.7 Å². The van der Waals surface area contributed by atoms with Crippen LogP contribution in [-0.4, -0.2) is 35.6 Å². The third kappa shape index (κ3) is 3.22. The van der Waals surface area contributed by atoms with Gasteiger partial charge in [0.1, 0.15) is 0 Å². The van der Waals surface area contributed by atoms with E-state index in [1.165, 1.54) is 24.3 Å². The number of hydrogen-bond acceptors (Lipinski definition) is 4. The molecule has 1 heterocycles. The molecule has 0 saturated heterocycles. The normalized spacial score (nSPS) is 25.4. The number of rotatable bonds is 3. The topological polar surface area (TPSA) is 70.0 Å². The number of halogens is 3. The van der Waals surface area contributed by atoms with Crippen LogP contribution in [-0.2, 0) is 10.0 Å². The third-order valence-electron chi connectivity index (χ3n) is 5.04. The molecule has 1 aliphatic heterocycles.